The number of ether oxygens (including phenoxy) is 1. The fraction of sp³-hybridized carbons (Fsp3) is 0.286. The SMILES string of the molecule is CC(C)(C)C1=N/C(=C/c2ccc(Cl)c(Cl)c2)C(=O)O1. The van der Waals surface area contributed by atoms with E-state index >= 15 is 0 Å². The van der Waals surface area contributed by atoms with Gasteiger partial charge in [0.15, 0.2) is 5.70 Å². The van der Waals surface area contributed by atoms with Crippen LogP contribution in [0.4, 0.5) is 0 Å². The Morgan fingerprint density at radius 2 is 1.89 bits per heavy atom. The van der Waals surface area contributed by atoms with Crippen molar-refractivity contribution in [2.24, 2.45) is 10.4 Å². The van der Waals surface area contributed by atoms with Crippen molar-refractivity contribution in [2.75, 3.05) is 0 Å². The first kappa shape index (κ1) is 14.1. The molecular weight excluding hydrogens is 285 g/mol. The molecular formula is C14H13Cl2NO2. The Morgan fingerprint density at radius 3 is 2.42 bits per heavy atom. The lowest BCUT2D eigenvalue weighted by molar-refractivity contribution is -0.130. The Balaban J connectivity index is 2.36. The number of aliphatic imine (C=N–C) groups is 1. The van der Waals surface area contributed by atoms with Gasteiger partial charge in [-0.15, -0.1) is 0 Å². The van der Waals surface area contributed by atoms with E-state index < -0.39 is 5.97 Å². The van der Waals surface area contributed by atoms with E-state index in [4.69, 9.17) is 27.9 Å². The van der Waals surface area contributed by atoms with E-state index in [0.717, 1.165) is 5.56 Å². The van der Waals surface area contributed by atoms with Gasteiger partial charge in [0.05, 0.1) is 10.0 Å². The van der Waals surface area contributed by atoms with Crippen molar-refractivity contribution in [3.8, 4) is 0 Å². The molecule has 3 nitrogen and oxygen atoms in total. The normalized spacial score (nSPS) is 17.6. The summed E-state index contributed by atoms with van der Waals surface area (Å²) in [7, 11) is 0. The molecule has 0 atom stereocenters. The molecule has 2 rings (SSSR count). The van der Waals surface area contributed by atoms with Crippen LogP contribution >= 0.6 is 23.2 Å². The molecule has 1 aliphatic rings. The minimum absolute atomic E-state index is 0.267. The van der Waals surface area contributed by atoms with Crippen LogP contribution in [0.2, 0.25) is 10.0 Å². The average Bonchev–Trinajstić information content (AvgIpc) is 2.65. The summed E-state index contributed by atoms with van der Waals surface area (Å²) < 4.78 is 5.15. The number of rotatable bonds is 1. The summed E-state index contributed by atoms with van der Waals surface area (Å²) in [6.45, 7) is 5.80. The number of cyclic esters (lactones) is 1. The molecule has 0 aromatic heterocycles. The molecule has 1 aromatic rings. The van der Waals surface area contributed by atoms with Crippen molar-refractivity contribution < 1.29 is 9.53 Å². The van der Waals surface area contributed by atoms with Crippen LogP contribution in [-0.2, 0) is 9.53 Å². The molecule has 19 heavy (non-hydrogen) atoms. The van der Waals surface area contributed by atoms with E-state index in [-0.39, 0.29) is 11.1 Å². The molecule has 0 unspecified atom stereocenters. The zero-order valence-corrected chi connectivity index (χ0v) is 12.3. The Labute approximate surface area is 121 Å². The molecule has 1 aromatic carbocycles. The maximum Gasteiger partial charge on any atom is 0.363 e. The lowest BCUT2D eigenvalue weighted by Crippen LogP contribution is -2.21. The molecule has 0 fully saturated rings. The lowest BCUT2D eigenvalue weighted by atomic mass is 9.97. The van der Waals surface area contributed by atoms with Gasteiger partial charge in [-0.05, 0) is 23.8 Å². The number of hydrogen-bond acceptors (Lipinski definition) is 3. The molecule has 0 radical (unpaired) electrons. The second-order valence-electron chi connectivity index (χ2n) is 5.26. The van der Waals surface area contributed by atoms with Crippen LogP contribution in [0.5, 0.6) is 0 Å². The van der Waals surface area contributed by atoms with Crippen LogP contribution in [-0.4, -0.2) is 11.9 Å². The maximum atomic E-state index is 11.7. The van der Waals surface area contributed by atoms with Gasteiger partial charge in [-0.2, -0.15) is 0 Å². The van der Waals surface area contributed by atoms with Gasteiger partial charge in [0.1, 0.15) is 0 Å². The topological polar surface area (TPSA) is 38.7 Å². The zero-order valence-electron chi connectivity index (χ0n) is 10.8. The number of benzene rings is 1. The molecule has 5 heteroatoms. The third kappa shape index (κ3) is 3.17. The highest BCUT2D eigenvalue weighted by Crippen LogP contribution is 2.27. The summed E-state index contributed by atoms with van der Waals surface area (Å²) in [5.74, 6) is -0.0280. The van der Waals surface area contributed by atoms with Gasteiger partial charge >= 0.3 is 5.97 Å². The maximum absolute atomic E-state index is 11.7. The Kier molecular flexibility index (Phi) is 3.70. The summed E-state index contributed by atoms with van der Waals surface area (Å²) in [4.78, 5) is 15.9. The number of carbonyl (C=O) groups is 1. The standard InChI is InChI=1S/C14H13Cl2NO2/c1-14(2,3)13-17-11(12(18)19-13)7-8-4-5-9(15)10(16)6-8/h4-7H,1-3H3/b11-7+. The van der Waals surface area contributed by atoms with Gasteiger partial charge in [0.25, 0.3) is 0 Å². The first-order valence-electron chi connectivity index (χ1n) is 5.75. The smallest absolute Gasteiger partial charge is 0.363 e. The van der Waals surface area contributed by atoms with Gasteiger partial charge < -0.3 is 4.74 Å². The Hall–Kier alpha value is -1.32. The van der Waals surface area contributed by atoms with E-state index in [2.05, 4.69) is 4.99 Å². The Bertz CT molecular complexity index is 598. The number of esters is 1. The minimum Gasteiger partial charge on any atom is -0.406 e. The molecule has 1 heterocycles. The Morgan fingerprint density at radius 1 is 1.21 bits per heavy atom. The van der Waals surface area contributed by atoms with E-state index in [0.29, 0.717) is 15.9 Å². The summed E-state index contributed by atoms with van der Waals surface area (Å²) >= 11 is 11.8. The predicted molar refractivity (Wildman–Crippen MR) is 77.4 cm³/mol. The zero-order chi connectivity index (χ0) is 14.2. The van der Waals surface area contributed by atoms with E-state index in [9.17, 15) is 4.79 Å². The highest BCUT2D eigenvalue weighted by molar-refractivity contribution is 6.42. The van der Waals surface area contributed by atoms with Crippen molar-refractivity contribution in [3.63, 3.8) is 0 Å². The summed E-state index contributed by atoms with van der Waals surface area (Å²) in [6, 6.07) is 5.11. The second kappa shape index (κ2) is 4.99. The molecule has 0 spiro atoms. The first-order chi connectivity index (χ1) is 8.77. The number of carbonyl (C=O) groups excluding carboxylic acids is 1. The highest BCUT2D eigenvalue weighted by atomic mass is 35.5. The summed E-state index contributed by atoms with van der Waals surface area (Å²) in [5, 5.41) is 0.902. The molecule has 0 N–H and O–H groups in total. The van der Waals surface area contributed by atoms with E-state index in [1.165, 1.54) is 0 Å². The first-order valence-corrected chi connectivity index (χ1v) is 6.51. The monoisotopic (exact) mass is 297 g/mol. The molecule has 100 valence electrons. The molecule has 0 amide bonds. The fourth-order valence-corrected chi connectivity index (χ4v) is 1.80. The molecule has 0 bridgehead atoms. The lowest BCUT2D eigenvalue weighted by Gasteiger charge is -2.15. The number of halogens is 2. The van der Waals surface area contributed by atoms with Gasteiger partial charge in [-0.25, -0.2) is 9.79 Å². The quantitative estimate of drug-likeness (QED) is 0.571. The van der Waals surface area contributed by atoms with Crippen LogP contribution in [0.3, 0.4) is 0 Å². The van der Waals surface area contributed by atoms with Crippen molar-refractivity contribution >= 4 is 41.1 Å². The van der Waals surface area contributed by atoms with Crippen LogP contribution in [0.1, 0.15) is 26.3 Å². The minimum atomic E-state index is -0.448. The van der Waals surface area contributed by atoms with Crippen molar-refractivity contribution in [1.82, 2.24) is 0 Å². The summed E-state index contributed by atoms with van der Waals surface area (Å²) in [5.41, 5.74) is 0.715. The van der Waals surface area contributed by atoms with Crippen LogP contribution in [0.25, 0.3) is 6.08 Å². The van der Waals surface area contributed by atoms with Crippen LogP contribution in [0.15, 0.2) is 28.9 Å². The van der Waals surface area contributed by atoms with Crippen molar-refractivity contribution in [1.29, 1.82) is 0 Å². The number of nitrogens with zero attached hydrogens (tertiary/aromatic N) is 1. The molecule has 1 aliphatic heterocycles. The van der Waals surface area contributed by atoms with E-state index in [1.54, 1.807) is 24.3 Å². The molecule has 0 aliphatic carbocycles. The van der Waals surface area contributed by atoms with E-state index in [1.807, 2.05) is 20.8 Å². The van der Waals surface area contributed by atoms with Gasteiger partial charge in [0.2, 0.25) is 5.90 Å². The average molecular weight is 298 g/mol. The number of hydrogen-bond donors (Lipinski definition) is 0. The molecule has 0 saturated carbocycles. The second-order valence-corrected chi connectivity index (χ2v) is 6.07. The van der Waals surface area contributed by atoms with Crippen molar-refractivity contribution in [2.45, 2.75) is 20.8 Å². The van der Waals surface area contributed by atoms with Gasteiger partial charge in [-0.1, -0.05) is 50.0 Å². The van der Waals surface area contributed by atoms with Crippen molar-refractivity contribution in [3.05, 3.63) is 39.5 Å². The van der Waals surface area contributed by atoms with Gasteiger partial charge in [-0.3, -0.25) is 0 Å². The molecule has 0 saturated heterocycles. The predicted octanol–water partition coefficient (Wildman–Crippen LogP) is 4.34. The fourth-order valence-electron chi connectivity index (χ4n) is 1.49. The third-order valence-electron chi connectivity index (χ3n) is 2.51. The van der Waals surface area contributed by atoms with Crippen LogP contribution < -0.4 is 0 Å². The largest absolute Gasteiger partial charge is 0.406 e. The highest BCUT2D eigenvalue weighted by Gasteiger charge is 2.31. The van der Waals surface area contributed by atoms with Crippen LogP contribution in [0, 0.1) is 5.41 Å². The third-order valence-corrected chi connectivity index (χ3v) is 3.25. The van der Waals surface area contributed by atoms with Gasteiger partial charge in [0, 0.05) is 5.41 Å². The summed E-state index contributed by atoms with van der Waals surface area (Å²) in [6.07, 6.45) is 1.63.